The van der Waals surface area contributed by atoms with Crippen LogP contribution in [-0.2, 0) is 10.8 Å². The van der Waals surface area contributed by atoms with E-state index in [1.807, 2.05) is 6.08 Å². The third-order valence-corrected chi connectivity index (χ3v) is 14.6. The van der Waals surface area contributed by atoms with E-state index < -0.39 is 0 Å². The van der Waals surface area contributed by atoms with Crippen molar-refractivity contribution in [2.75, 3.05) is 23.9 Å². The first-order valence-corrected chi connectivity index (χ1v) is 22.3. The third kappa shape index (κ3) is 5.57. The van der Waals surface area contributed by atoms with Crippen molar-refractivity contribution >= 4 is 60.6 Å². The second-order valence-electron chi connectivity index (χ2n) is 18.6. The Morgan fingerprint density at radius 1 is 0.460 bits per heavy atom. The maximum absolute atomic E-state index is 4.35. The van der Waals surface area contributed by atoms with Crippen LogP contribution >= 0.6 is 0 Å². The largest absolute Gasteiger partial charge is 0.344 e. The molecule has 0 saturated carbocycles. The number of fused-ring (bicyclic) bond motifs is 8. The van der Waals surface area contributed by atoms with Crippen LogP contribution in [0, 0.1) is 6.92 Å². The minimum absolute atomic E-state index is 0.180. The minimum atomic E-state index is -0.195. The van der Waals surface area contributed by atoms with Crippen LogP contribution in [0.4, 0.5) is 22.7 Å². The van der Waals surface area contributed by atoms with Crippen LogP contribution < -0.4 is 9.80 Å². The smallest absolute Gasteiger partial charge is 0.0529 e. The summed E-state index contributed by atoms with van der Waals surface area (Å²) in [5.41, 5.74) is 19.7. The van der Waals surface area contributed by atoms with Crippen LogP contribution in [0.25, 0.3) is 60.1 Å². The van der Waals surface area contributed by atoms with Crippen molar-refractivity contribution in [1.29, 1.82) is 0 Å². The van der Waals surface area contributed by atoms with Gasteiger partial charge in [-0.2, -0.15) is 0 Å². The molecular formula is C61H52N2. The molecule has 0 unspecified atom stereocenters. The summed E-state index contributed by atoms with van der Waals surface area (Å²) in [5, 5.41) is 7.49. The standard InChI is InChI=1S/C61H52N2/c1-9-21-41(46-28-19-32-53-58(46)62(7)55-34-16-14-30-51(55)60(53,3)4)48-37-49-44(47-29-20-33-54-59(47)63(8)56-35-17-15-31-52(56)61(54,5)6)26-18-27-45(49)57(38(48)2)50-36-39-22-10-11-23-40(39)42-24-12-13-25-43(42)50/h9-37H,1H2,2-8H3/b41-21-. The highest BCUT2D eigenvalue weighted by molar-refractivity contribution is 6.19. The van der Waals surface area contributed by atoms with Crippen LogP contribution in [0.3, 0.4) is 0 Å². The Balaban J connectivity index is 1.26. The number of anilines is 4. The van der Waals surface area contributed by atoms with E-state index in [9.17, 15) is 0 Å². The van der Waals surface area contributed by atoms with Gasteiger partial charge in [-0.3, -0.25) is 0 Å². The molecule has 2 nitrogen and oxygen atoms in total. The van der Waals surface area contributed by atoms with Gasteiger partial charge < -0.3 is 9.80 Å². The Kier molecular flexibility index (Phi) is 8.73. The molecule has 2 heteroatoms. The summed E-state index contributed by atoms with van der Waals surface area (Å²) in [6.07, 6.45) is 4.22. The van der Waals surface area contributed by atoms with E-state index >= 15 is 0 Å². The predicted octanol–water partition coefficient (Wildman–Crippen LogP) is 16.2. The zero-order valence-corrected chi connectivity index (χ0v) is 37.3. The highest BCUT2D eigenvalue weighted by atomic mass is 15.1. The van der Waals surface area contributed by atoms with E-state index in [4.69, 9.17) is 0 Å². The first-order valence-electron chi connectivity index (χ1n) is 22.3. The molecule has 0 saturated heterocycles. The highest BCUT2D eigenvalue weighted by Gasteiger charge is 2.38. The molecule has 0 aliphatic carbocycles. The SMILES string of the molecule is C=C/C=C(\c1cc2c(-c3cccc4c3N(C)c3ccccc3C4(C)C)cccc2c(-c2cc3ccccc3c3ccccc23)c1C)c1cccc2c1N(C)c1ccccc1C2(C)C. The van der Waals surface area contributed by atoms with Crippen LogP contribution in [0.15, 0.2) is 183 Å². The van der Waals surface area contributed by atoms with Crippen molar-refractivity contribution in [3.05, 3.63) is 221 Å². The van der Waals surface area contributed by atoms with Crippen LogP contribution in [0.1, 0.15) is 66.6 Å². The van der Waals surface area contributed by atoms with Gasteiger partial charge in [0.15, 0.2) is 0 Å². The Bertz CT molecular complexity index is 3410. The zero-order chi connectivity index (χ0) is 43.4. The Morgan fingerprint density at radius 2 is 0.984 bits per heavy atom. The van der Waals surface area contributed by atoms with E-state index in [0.29, 0.717) is 0 Å². The number of rotatable bonds is 5. The quantitative estimate of drug-likeness (QED) is 0.126. The minimum Gasteiger partial charge on any atom is -0.344 e. The summed E-state index contributed by atoms with van der Waals surface area (Å²) in [6, 6.07) is 61.3. The number of hydrogen-bond acceptors (Lipinski definition) is 2. The number of nitrogens with zero attached hydrogens (tertiary/aromatic N) is 2. The zero-order valence-electron chi connectivity index (χ0n) is 37.3. The number of hydrogen-bond donors (Lipinski definition) is 0. The van der Waals surface area contributed by atoms with Crippen molar-refractivity contribution in [1.82, 2.24) is 0 Å². The summed E-state index contributed by atoms with van der Waals surface area (Å²) >= 11 is 0. The monoisotopic (exact) mass is 812 g/mol. The Hall–Kier alpha value is -7.16. The number of benzene rings is 9. The summed E-state index contributed by atoms with van der Waals surface area (Å²) in [4.78, 5) is 4.83. The van der Waals surface area contributed by atoms with Crippen molar-refractivity contribution in [3.63, 3.8) is 0 Å². The molecular weight excluding hydrogens is 761 g/mol. The molecule has 2 aliphatic rings. The van der Waals surface area contributed by atoms with Gasteiger partial charge in [0.2, 0.25) is 0 Å². The van der Waals surface area contributed by atoms with Crippen molar-refractivity contribution < 1.29 is 0 Å². The molecule has 9 aromatic carbocycles. The van der Waals surface area contributed by atoms with Crippen molar-refractivity contribution in [2.45, 2.75) is 45.4 Å². The lowest BCUT2D eigenvalue weighted by molar-refractivity contribution is 0.629. The molecule has 0 amide bonds. The number of allylic oxidation sites excluding steroid dienone is 2. The lowest BCUT2D eigenvalue weighted by Crippen LogP contribution is -2.31. The average molecular weight is 813 g/mol. The summed E-state index contributed by atoms with van der Waals surface area (Å²) in [6.45, 7) is 16.2. The fourth-order valence-electron chi connectivity index (χ4n) is 11.5. The summed E-state index contributed by atoms with van der Waals surface area (Å²) < 4.78 is 0. The molecule has 0 radical (unpaired) electrons. The van der Waals surface area contributed by atoms with E-state index in [-0.39, 0.29) is 10.8 Å². The van der Waals surface area contributed by atoms with Gasteiger partial charge >= 0.3 is 0 Å². The molecule has 2 aliphatic heterocycles. The maximum Gasteiger partial charge on any atom is 0.0529 e. The van der Waals surface area contributed by atoms with Gasteiger partial charge in [0.05, 0.1) is 11.4 Å². The second-order valence-corrected chi connectivity index (χ2v) is 18.6. The van der Waals surface area contributed by atoms with Crippen molar-refractivity contribution in [2.24, 2.45) is 0 Å². The third-order valence-electron chi connectivity index (χ3n) is 14.6. The van der Waals surface area contributed by atoms with E-state index in [0.717, 1.165) is 5.57 Å². The molecule has 0 aromatic heterocycles. The predicted molar refractivity (Wildman–Crippen MR) is 272 cm³/mol. The molecule has 9 aromatic rings. The van der Waals surface area contributed by atoms with Gasteiger partial charge in [-0.05, 0) is 119 Å². The lowest BCUT2D eigenvalue weighted by atomic mass is 9.72. The molecule has 2 heterocycles. The fraction of sp³-hybridized carbons (Fsp3) is 0.148. The van der Waals surface area contributed by atoms with Crippen molar-refractivity contribution in [3.8, 4) is 22.3 Å². The van der Waals surface area contributed by atoms with Gasteiger partial charge in [0, 0.05) is 47.4 Å². The van der Waals surface area contributed by atoms with E-state index in [1.54, 1.807) is 0 Å². The van der Waals surface area contributed by atoms with Gasteiger partial charge in [-0.1, -0.05) is 186 Å². The molecule has 0 fully saturated rings. The van der Waals surface area contributed by atoms with E-state index in [2.05, 4.69) is 235 Å². The first kappa shape index (κ1) is 38.7. The number of para-hydroxylation sites is 4. The molecule has 306 valence electrons. The highest BCUT2D eigenvalue weighted by Crippen LogP contribution is 2.55. The topological polar surface area (TPSA) is 6.48 Å². The molecule has 0 atom stereocenters. The Morgan fingerprint density at radius 3 is 1.68 bits per heavy atom. The van der Waals surface area contributed by atoms with Crippen LogP contribution in [0.2, 0.25) is 0 Å². The van der Waals surface area contributed by atoms with Gasteiger partial charge in [0.1, 0.15) is 0 Å². The molecule has 63 heavy (non-hydrogen) atoms. The van der Waals surface area contributed by atoms with Gasteiger partial charge in [0.25, 0.3) is 0 Å². The van der Waals surface area contributed by atoms with Gasteiger partial charge in [-0.25, -0.2) is 0 Å². The molecule has 11 rings (SSSR count). The van der Waals surface area contributed by atoms with Crippen LogP contribution in [-0.4, -0.2) is 14.1 Å². The molecule has 0 N–H and O–H groups in total. The molecule has 0 bridgehead atoms. The summed E-state index contributed by atoms with van der Waals surface area (Å²) in [5.74, 6) is 0. The molecule has 0 spiro atoms. The average Bonchev–Trinajstić information content (AvgIpc) is 3.31. The fourth-order valence-corrected chi connectivity index (χ4v) is 11.5. The lowest BCUT2D eigenvalue weighted by Gasteiger charge is -2.42. The van der Waals surface area contributed by atoms with E-state index in [1.165, 1.54) is 116 Å². The normalized spacial score (nSPS) is 14.9. The van der Waals surface area contributed by atoms with Gasteiger partial charge in [-0.15, -0.1) is 0 Å². The Labute approximate surface area is 372 Å². The second kappa shape index (κ2) is 14.2. The first-order chi connectivity index (χ1) is 30.5. The maximum atomic E-state index is 4.35. The summed E-state index contributed by atoms with van der Waals surface area (Å²) in [7, 11) is 4.47. The van der Waals surface area contributed by atoms with Crippen LogP contribution in [0.5, 0.6) is 0 Å².